The highest BCUT2D eigenvalue weighted by atomic mass is 19.1. The van der Waals surface area contributed by atoms with Gasteiger partial charge in [-0.1, -0.05) is 18.2 Å². The minimum atomic E-state index is -1.19. The highest BCUT2D eigenvalue weighted by molar-refractivity contribution is 5.96. The molecular formula is C14H9FN2O2. The summed E-state index contributed by atoms with van der Waals surface area (Å²) in [5, 5.41) is 9.12. The number of aromatic carboxylic acids is 1. The number of carboxylic acid groups (broad SMARTS) is 1. The summed E-state index contributed by atoms with van der Waals surface area (Å²) in [5.74, 6) is -1.58. The van der Waals surface area contributed by atoms with E-state index in [0.717, 1.165) is 5.52 Å². The third-order valence-corrected chi connectivity index (χ3v) is 2.87. The van der Waals surface area contributed by atoms with E-state index in [-0.39, 0.29) is 17.0 Å². The van der Waals surface area contributed by atoms with Crippen LogP contribution < -0.4 is 0 Å². The van der Waals surface area contributed by atoms with Crippen molar-refractivity contribution >= 4 is 17.0 Å². The molecule has 0 aliphatic carbocycles. The van der Waals surface area contributed by atoms with Crippen molar-refractivity contribution in [3.05, 3.63) is 53.8 Å². The van der Waals surface area contributed by atoms with Gasteiger partial charge in [0.1, 0.15) is 11.6 Å². The number of fused-ring (bicyclic) bond motifs is 1. The predicted octanol–water partition coefficient (Wildman–Crippen LogP) is 3.07. The molecule has 19 heavy (non-hydrogen) atoms. The van der Waals surface area contributed by atoms with Crippen LogP contribution in [0.3, 0.4) is 0 Å². The summed E-state index contributed by atoms with van der Waals surface area (Å²) in [7, 11) is 0. The summed E-state index contributed by atoms with van der Waals surface area (Å²) in [5.41, 5.74) is 1.26. The molecule has 0 aliphatic rings. The van der Waals surface area contributed by atoms with Gasteiger partial charge < -0.3 is 10.1 Å². The van der Waals surface area contributed by atoms with E-state index in [9.17, 15) is 9.18 Å². The lowest BCUT2D eigenvalue weighted by atomic mass is 10.1. The van der Waals surface area contributed by atoms with E-state index in [1.807, 2.05) is 12.1 Å². The van der Waals surface area contributed by atoms with Crippen molar-refractivity contribution in [3.8, 4) is 11.4 Å². The van der Waals surface area contributed by atoms with Crippen LogP contribution in [0.4, 0.5) is 4.39 Å². The smallest absolute Gasteiger partial charge is 0.336 e. The molecule has 1 aromatic heterocycles. The van der Waals surface area contributed by atoms with Gasteiger partial charge in [0.2, 0.25) is 0 Å². The van der Waals surface area contributed by atoms with E-state index in [1.54, 1.807) is 12.1 Å². The Balaban J connectivity index is 2.29. The average molecular weight is 256 g/mol. The number of aromatic amines is 1. The van der Waals surface area contributed by atoms with E-state index in [0.29, 0.717) is 5.52 Å². The molecule has 2 aromatic carbocycles. The Bertz CT molecular complexity index is 747. The SMILES string of the molecule is O=C(O)c1cccc(F)c1-c1nc2ccccc2[nH]1. The molecule has 3 aromatic rings. The quantitative estimate of drug-likeness (QED) is 0.740. The van der Waals surface area contributed by atoms with Crippen LogP contribution in [-0.4, -0.2) is 21.0 Å². The molecule has 0 radical (unpaired) electrons. The number of rotatable bonds is 2. The summed E-state index contributed by atoms with van der Waals surface area (Å²) in [4.78, 5) is 18.3. The molecule has 0 atom stereocenters. The van der Waals surface area contributed by atoms with Gasteiger partial charge in [0.15, 0.2) is 0 Å². The van der Waals surface area contributed by atoms with Crippen LogP contribution in [0.1, 0.15) is 10.4 Å². The Morgan fingerprint density at radius 2 is 1.95 bits per heavy atom. The van der Waals surface area contributed by atoms with E-state index in [4.69, 9.17) is 5.11 Å². The highest BCUT2D eigenvalue weighted by Gasteiger charge is 2.18. The molecule has 0 unspecified atom stereocenters. The van der Waals surface area contributed by atoms with Crippen molar-refractivity contribution < 1.29 is 14.3 Å². The Hall–Kier alpha value is -2.69. The van der Waals surface area contributed by atoms with Crippen molar-refractivity contribution in [3.63, 3.8) is 0 Å². The second-order valence-electron chi connectivity index (χ2n) is 4.07. The second-order valence-corrected chi connectivity index (χ2v) is 4.07. The summed E-state index contributed by atoms with van der Waals surface area (Å²) >= 11 is 0. The fraction of sp³-hybridized carbons (Fsp3) is 0. The maximum atomic E-state index is 13.9. The van der Waals surface area contributed by atoms with Gasteiger partial charge in [-0.15, -0.1) is 0 Å². The normalized spacial score (nSPS) is 10.8. The Labute approximate surface area is 107 Å². The third kappa shape index (κ3) is 1.85. The van der Waals surface area contributed by atoms with Gasteiger partial charge in [0, 0.05) is 0 Å². The van der Waals surface area contributed by atoms with Crippen molar-refractivity contribution in [2.24, 2.45) is 0 Å². The monoisotopic (exact) mass is 256 g/mol. The number of benzene rings is 2. The van der Waals surface area contributed by atoms with Gasteiger partial charge in [-0.3, -0.25) is 0 Å². The molecule has 0 saturated carbocycles. The Morgan fingerprint density at radius 3 is 2.68 bits per heavy atom. The van der Waals surface area contributed by atoms with Crippen molar-refractivity contribution in [1.82, 2.24) is 9.97 Å². The molecule has 0 spiro atoms. The molecule has 94 valence electrons. The lowest BCUT2D eigenvalue weighted by Gasteiger charge is -2.03. The Kier molecular flexibility index (Phi) is 2.52. The number of nitrogens with one attached hydrogen (secondary N) is 1. The first kappa shape index (κ1) is 11.4. The maximum Gasteiger partial charge on any atom is 0.336 e. The van der Waals surface area contributed by atoms with Crippen LogP contribution in [0.5, 0.6) is 0 Å². The number of H-pyrrole nitrogens is 1. The predicted molar refractivity (Wildman–Crippen MR) is 68.4 cm³/mol. The molecule has 4 nitrogen and oxygen atoms in total. The minimum Gasteiger partial charge on any atom is -0.478 e. The van der Waals surface area contributed by atoms with Crippen LogP contribution in [-0.2, 0) is 0 Å². The number of para-hydroxylation sites is 2. The number of carboxylic acids is 1. The van der Waals surface area contributed by atoms with Crippen molar-refractivity contribution in [1.29, 1.82) is 0 Å². The topological polar surface area (TPSA) is 66.0 Å². The lowest BCUT2D eigenvalue weighted by molar-refractivity contribution is 0.0697. The minimum absolute atomic E-state index is 0.0220. The zero-order chi connectivity index (χ0) is 13.4. The van der Waals surface area contributed by atoms with Gasteiger partial charge in [0.05, 0.1) is 22.2 Å². The summed E-state index contributed by atoms with van der Waals surface area (Å²) in [6.45, 7) is 0. The van der Waals surface area contributed by atoms with Crippen molar-refractivity contribution in [2.45, 2.75) is 0 Å². The number of hydrogen-bond acceptors (Lipinski definition) is 2. The third-order valence-electron chi connectivity index (χ3n) is 2.87. The van der Waals surface area contributed by atoms with Crippen LogP contribution >= 0.6 is 0 Å². The molecule has 0 fully saturated rings. The van der Waals surface area contributed by atoms with Gasteiger partial charge in [-0.05, 0) is 24.3 Å². The van der Waals surface area contributed by atoms with Gasteiger partial charge >= 0.3 is 5.97 Å². The van der Waals surface area contributed by atoms with Crippen LogP contribution in [0.2, 0.25) is 0 Å². The molecular weight excluding hydrogens is 247 g/mol. The maximum absolute atomic E-state index is 13.9. The van der Waals surface area contributed by atoms with Crippen molar-refractivity contribution in [2.75, 3.05) is 0 Å². The summed E-state index contributed by atoms with van der Waals surface area (Å²) in [6, 6.07) is 11.1. The van der Waals surface area contributed by atoms with Gasteiger partial charge in [-0.25, -0.2) is 14.2 Å². The van der Waals surface area contributed by atoms with E-state index < -0.39 is 11.8 Å². The molecule has 0 aliphatic heterocycles. The van der Waals surface area contributed by atoms with Crippen LogP contribution in [0.15, 0.2) is 42.5 Å². The average Bonchev–Trinajstić information content (AvgIpc) is 2.81. The first-order valence-electron chi connectivity index (χ1n) is 5.64. The number of carbonyl (C=O) groups is 1. The molecule has 0 bridgehead atoms. The standard InChI is InChI=1S/C14H9FN2O2/c15-9-5-3-4-8(14(18)19)12(9)13-16-10-6-1-2-7-11(10)17-13/h1-7H,(H,16,17)(H,18,19). The van der Waals surface area contributed by atoms with Gasteiger partial charge in [-0.2, -0.15) is 0 Å². The fourth-order valence-electron chi connectivity index (χ4n) is 2.01. The molecule has 0 saturated heterocycles. The van der Waals surface area contributed by atoms with E-state index in [1.165, 1.54) is 18.2 Å². The first-order valence-corrected chi connectivity index (χ1v) is 5.64. The zero-order valence-electron chi connectivity index (χ0n) is 9.72. The first-order chi connectivity index (χ1) is 9.16. The second kappa shape index (κ2) is 4.20. The summed E-state index contributed by atoms with van der Waals surface area (Å²) in [6.07, 6.45) is 0. The van der Waals surface area contributed by atoms with E-state index >= 15 is 0 Å². The Morgan fingerprint density at radius 1 is 1.16 bits per heavy atom. The number of aromatic nitrogens is 2. The molecule has 3 rings (SSSR count). The molecule has 2 N–H and O–H groups in total. The van der Waals surface area contributed by atoms with Gasteiger partial charge in [0.25, 0.3) is 0 Å². The van der Waals surface area contributed by atoms with Crippen LogP contribution in [0, 0.1) is 5.82 Å². The van der Waals surface area contributed by atoms with Crippen LogP contribution in [0.25, 0.3) is 22.4 Å². The molecule has 1 heterocycles. The largest absolute Gasteiger partial charge is 0.478 e. The number of halogens is 1. The molecule has 0 amide bonds. The number of hydrogen-bond donors (Lipinski definition) is 2. The fourth-order valence-corrected chi connectivity index (χ4v) is 2.01. The number of imidazole rings is 1. The zero-order valence-corrected chi connectivity index (χ0v) is 9.72. The highest BCUT2D eigenvalue weighted by Crippen LogP contribution is 2.26. The molecule has 5 heteroatoms. The summed E-state index contributed by atoms with van der Waals surface area (Å²) < 4.78 is 13.9. The number of nitrogens with zero attached hydrogens (tertiary/aromatic N) is 1. The lowest BCUT2D eigenvalue weighted by Crippen LogP contribution is -2.02. The van der Waals surface area contributed by atoms with E-state index in [2.05, 4.69) is 9.97 Å².